The molecule has 0 aliphatic carbocycles. The van der Waals surface area contributed by atoms with Gasteiger partial charge in [-0.3, -0.25) is 14.4 Å². The number of likely N-dealkylation sites (N-methyl/N-ethyl adjacent to an activating group) is 1. The molecular formula is C30H40N6O5. The fourth-order valence-electron chi connectivity index (χ4n) is 7.28. The first kappa shape index (κ1) is 28.9. The third-order valence-electron chi connectivity index (χ3n) is 9.29. The topological polar surface area (TPSA) is 121 Å². The summed E-state index contributed by atoms with van der Waals surface area (Å²) in [6.45, 7) is 12.5. The second-order valence-electron chi connectivity index (χ2n) is 11.7. The number of aliphatic hydroxyl groups excluding tert-OH is 1. The Morgan fingerprint density at radius 2 is 1.93 bits per heavy atom. The summed E-state index contributed by atoms with van der Waals surface area (Å²) in [5, 5.41) is 17.9. The normalized spacial score (nSPS) is 30.0. The van der Waals surface area contributed by atoms with E-state index in [1.165, 1.54) is 0 Å². The van der Waals surface area contributed by atoms with Crippen molar-refractivity contribution in [3.05, 3.63) is 49.6 Å². The number of benzene rings is 1. The van der Waals surface area contributed by atoms with Crippen LogP contribution in [0.2, 0.25) is 0 Å². The zero-order valence-electron chi connectivity index (χ0n) is 24.1. The molecule has 3 amide bonds. The van der Waals surface area contributed by atoms with E-state index in [9.17, 15) is 19.5 Å². The largest absolute Gasteiger partial charge is 0.396 e. The Labute approximate surface area is 240 Å². The van der Waals surface area contributed by atoms with Crippen LogP contribution in [0.15, 0.2) is 49.6 Å². The Hall–Kier alpha value is -3.57. The predicted octanol–water partition coefficient (Wildman–Crippen LogP) is 1.83. The van der Waals surface area contributed by atoms with Crippen LogP contribution in [0.4, 0.5) is 0 Å². The van der Waals surface area contributed by atoms with Gasteiger partial charge in [-0.2, -0.15) is 0 Å². The zero-order valence-corrected chi connectivity index (χ0v) is 24.1. The van der Waals surface area contributed by atoms with Crippen LogP contribution in [0.1, 0.15) is 33.1 Å². The van der Waals surface area contributed by atoms with E-state index in [1.54, 1.807) is 38.6 Å². The molecule has 1 aromatic heterocycles. The highest BCUT2D eigenvalue weighted by molar-refractivity contribution is 5.99. The zero-order chi connectivity index (χ0) is 29.5. The molecule has 6 atom stereocenters. The molecule has 11 heteroatoms. The Kier molecular flexibility index (Phi) is 7.78. The number of para-hydroxylation sites is 1. The predicted molar refractivity (Wildman–Crippen MR) is 152 cm³/mol. The smallest absolute Gasteiger partial charge is 0.250 e. The number of hydrogen-bond donors (Lipinski definition) is 1. The van der Waals surface area contributed by atoms with Crippen LogP contribution in [0.25, 0.3) is 11.0 Å². The minimum Gasteiger partial charge on any atom is -0.396 e. The second-order valence-corrected chi connectivity index (χ2v) is 11.7. The van der Waals surface area contributed by atoms with Crippen LogP contribution in [0, 0.1) is 17.8 Å². The molecule has 0 saturated carbocycles. The monoisotopic (exact) mass is 564 g/mol. The van der Waals surface area contributed by atoms with Crippen molar-refractivity contribution in [2.75, 3.05) is 33.3 Å². The maximum atomic E-state index is 14.6. The van der Waals surface area contributed by atoms with E-state index in [2.05, 4.69) is 23.5 Å². The number of likely N-dealkylation sites (tertiary alicyclic amines) is 1. The van der Waals surface area contributed by atoms with Gasteiger partial charge in [0, 0.05) is 33.3 Å². The van der Waals surface area contributed by atoms with Gasteiger partial charge in [-0.25, -0.2) is 4.68 Å². The number of amides is 3. The van der Waals surface area contributed by atoms with Gasteiger partial charge in [0.2, 0.25) is 17.7 Å². The maximum Gasteiger partial charge on any atom is 0.250 e. The summed E-state index contributed by atoms with van der Waals surface area (Å²) in [5.41, 5.74) is -0.555. The number of nitrogens with zero attached hydrogens (tertiary/aromatic N) is 6. The molecule has 3 fully saturated rings. The van der Waals surface area contributed by atoms with E-state index in [1.807, 2.05) is 38.1 Å². The quantitative estimate of drug-likeness (QED) is 0.308. The van der Waals surface area contributed by atoms with Gasteiger partial charge in [0.1, 0.15) is 23.8 Å². The highest BCUT2D eigenvalue weighted by atomic mass is 16.5. The summed E-state index contributed by atoms with van der Waals surface area (Å²) >= 11 is 0. The third kappa shape index (κ3) is 4.46. The van der Waals surface area contributed by atoms with Crippen molar-refractivity contribution in [3.63, 3.8) is 0 Å². The van der Waals surface area contributed by atoms with Gasteiger partial charge < -0.3 is 24.5 Å². The Bertz CT molecular complexity index is 1360. The van der Waals surface area contributed by atoms with Crippen molar-refractivity contribution >= 4 is 28.8 Å². The SMILES string of the molecule is C=CCN(C)C(=O)[C@@H]1[C@H]2C(=O)N(CCCCO)C(C(=O)N(CC=C)Cn3nnc4ccccc43)C23CC(C)[C@@]1(C)O3. The molecule has 220 valence electrons. The molecule has 1 spiro atoms. The lowest BCUT2D eigenvalue weighted by atomic mass is 9.62. The average molecular weight is 565 g/mol. The first-order chi connectivity index (χ1) is 19.6. The van der Waals surface area contributed by atoms with Crippen LogP contribution in [0.5, 0.6) is 0 Å². The van der Waals surface area contributed by atoms with Crippen molar-refractivity contribution in [2.45, 2.75) is 57.0 Å². The maximum absolute atomic E-state index is 14.6. The van der Waals surface area contributed by atoms with E-state index in [0.29, 0.717) is 31.3 Å². The van der Waals surface area contributed by atoms with Gasteiger partial charge in [-0.15, -0.1) is 18.3 Å². The summed E-state index contributed by atoms with van der Waals surface area (Å²) in [5.74, 6) is -2.28. The number of aliphatic hydroxyl groups is 1. The number of fused-ring (bicyclic) bond motifs is 2. The lowest BCUT2D eigenvalue weighted by Crippen LogP contribution is -2.57. The van der Waals surface area contributed by atoms with E-state index in [4.69, 9.17) is 4.74 Å². The molecule has 3 saturated heterocycles. The van der Waals surface area contributed by atoms with Crippen molar-refractivity contribution in [2.24, 2.45) is 17.8 Å². The standard InChI is InChI=1S/C30H40N6O5/c1-6-14-33(5)26(38)23-24-27(39)35(16-10-11-17-37)25(30(24)18-20(3)29(23,4)41-30)28(40)34(15-7-2)19-36-22-13-9-8-12-21(22)31-32-36/h6-9,12-13,20,23-25,37H,1-2,10-11,14-19H2,3-5H3/t20?,23-,24-,25?,29+,30?/m0/s1. The highest BCUT2D eigenvalue weighted by Crippen LogP contribution is 2.65. The molecule has 3 aliphatic heterocycles. The number of unbranched alkanes of at least 4 members (excludes halogenated alkanes) is 1. The van der Waals surface area contributed by atoms with Gasteiger partial charge in [0.05, 0.1) is 23.0 Å². The summed E-state index contributed by atoms with van der Waals surface area (Å²) in [7, 11) is 1.70. The van der Waals surface area contributed by atoms with Crippen LogP contribution in [-0.2, 0) is 25.8 Å². The van der Waals surface area contributed by atoms with Gasteiger partial charge in [0.25, 0.3) is 0 Å². The Balaban J connectivity index is 1.56. The first-order valence-corrected chi connectivity index (χ1v) is 14.3. The molecule has 3 aliphatic rings. The van der Waals surface area contributed by atoms with Crippen LogP contribution < -0.4 is 0 Å². The summed E-state index contributed by atoms with van der Waals surface area (Å²) in [6.07, 6.45) is 4.79. The average Bonchev–Trinajstić information content (AvgIpc) is 3.62. The number of hydrogen-bond acceptors (Lipinski definition) is 7. The Morgan fingerprint density at radius 3 is 2.63 bits per heavy atom. The van der Waals surface area contributed by atoms with Crippen molar-refractivity contribution in [3.8, 4) is 0 Å². The fraction of sp³-hybridized carbons (Fsp3) is 0.567. The van der Waals surface area contributed by atoms with Crippen LogP contribution in [0.3, 0.4) is 0 Å². The minimum absolute atomic E-state index is 0.0176. The van der Waals surface area contributed by atoms with Crippen molar-refractivity contribution in [1.29, 1.82) is 0 Å². The molecule has 11 nitrogen and oxygen atoms in total. The molecule has 0 radical (unpaired) electrons. The van der Waals surface area contributed by atoms with Gasteiger partial charge >= 0.3 is 0 Å². The molecule has 5 rings (SSSR count). The molecular weight excluding hydrogens is 524 g/mol. The van der Waals surface area contributed by atoms with Gasteiger partial charge in [-0.1, -0.05) is 36.4 Å². The number of carbonyl (C=O) groups is 3. The van der Waals surface area contributed by atoms with E-state index < -0.39 is 29.1 Å². The molecule has 3 unspecified atom stereocenters. The fourth-order valence-corrected chi connectivity index (χ4v) is 7.28. The number of rotatable bonds is 12. The number of ether oxygens (including phenoxy) is 1. The van der Waals surface area contributed by atoms with Gasteiger partial charge in [0.15, 0.2) is 0 Å². The van der Waals surface area contributed by atoms with Crippen LogP contribution in [-0.4, -0.2) is 103 Å². The first-order valence-electron chi connectivity index (χ1n) is 14.3. The Morgan fingerprint density at radius 1 is 1.20 bits per heavy atom. The van der Waals surface area contributed by atoms with E-state index >= 15 is 0 Å². The summed E-state index contributed by atoms with van der Waals surface area (Å²) in [6, 6.07) is 6.58. The molecule has 2 bridgehead atoms. The number of carbonyl (C=O) groups excluding carboxylic acids is 3. The van der Waals surface area contributed by atoms with E-state index in [-0.39, 0.29) is 50.0 Å². The second kappa shape index (κ2) is 11.0. The number of aromatic nitrogens is 3. The molecule has 1 aromatic carbocycles. The molecule has 2 aromatic rings. The third-order valence-corrected chi connectivity index (χ3v) is 9.29. The lowest BCUT2D eigenvalue weighted by molar-refractivity contribution is -0.155. The molecule has 1 N–H and O–H groups in total. The lowest BCUT2D eigenvalue weighted by Gasteiger charge is -2.38. The molecule has 41 heavy (non-hydrogen) atoms. The van der Waals surface area contributed by atoms with Crippen molar-refractivity contribution < 1.29 is 24.2 Å². The van der Waals surface area contributed by atoms with E-state index in [0.717, 1.165) is 5.52 Å². The summed E-state index contributed by atoms with van der Waals surface area (Å²) in [4.78, 5) is 47.5. The van der Waals surface area contributed by atoms with Crippen molar-refractivity contribution in [1.82, 2.24) is 29.7 Å². The minimum atomic E-state index is -1.15. The van der Waals surface area contributed by atoms with Crippen LogP contribution >= 0.6 is 0 Å². The highest BCUT2D eigenvalue weighted by Gasteiger charge is 2.80. The molecule has 4 heterocycles. The summed E-state index contributed by atoms with van der Waals surface area (Å²) < 4.78 is 8.49. The van der Waals surface area contributed by atoms with Gasteiger partial charge in [-0.05, 0) is 44.2 Å².